The van der Waals surface area contributed by atoms with Crippen LogP contribution in [0.3, 0.4) is 0 Å². The van der Waals surface area contributed by atoms with Crippen molar-refractivity contribution < 1.29 is 4.79 Å². The largest absolute Gasteiger partial charge is 0.357 e. The lowest BCUT2D eigenvalue weighted by Crippen LogP contribution is -2.47. The third-order valence-corrected chi connectivity index (χ3v) is 3.12. The fraction of sp³-hybridized carbons (Fsp3) is 0.562. The van der Waals surface area contributed by atoms with Gasteiger partial charge in [0.1, 0.15) is 0 Å². The topological polar surface area (TPSA) is 78.4 Å². The van der Waals surface area contributed by atoms with E-state index >= 15 is 0 Å². The third kappa shape index (κ3) is 6.11. The smallest absolute Gasteiger partial charge is 0.227 e. The molecule has 3 N–H and O–H groups in total. The van der Waals surface area contributed by atoms with Crippen LogP contribution in [-0.2, 0) is 11.3 Å². The first kappa shape index (κ1) is 17.9. The number of hydrogen-bond acceptors (Lipinski definition) is 3. The number of pyridine rings is 1. The summed E-state index contributed by atoms with van der Waals surface area (Å²) in [4.78, 5) is 20.7. The summed E-state index contributed by atoms with van der Waals surface area (Å²) in [5.74, 6) is 0.716. The van der Waals surface area contributed by atoms with E-state index in [0.717, 1.165) is 12.2 Å². The maximum Gasteiger partial charge on any atom is 0.227 e. The van der Waals surface area contributed by atoms with Gasteiger partial charge in [0.05, 0.1) is 17.7 Å². The zero-order valence-corrected chi connectivity index (χ0v) is 13.9. The fourth-order valence-corrected chi connectivity index (χ4v) is 1.78. The Bertz CT molecular complexity index is 485. The van der Waals surface area contributed by atoms with Crippen molar-refractivity contribution in [3.05, 3.63) is 30.1 Å². The Balaban J connectivity index is 2.62. The molecule has 22 heavy (non-hydrogen) atoms. The zero-order valence-electron chi connectivity index (χ0n) is 13.9. The Morgan fingerprint density at radius 2 is 1.91 bits per heavy atom. The summed E-state index contributed by atoms with van der Waals surface area (Å²) in [6, 6.07) is 5.76. The average Bonchev–Trinajstić information content (AvgIpc) is 2.51. The molecule has 0 spiro atoms. The predicted molar refractivity (Wildman–Crippen MR) is 89.5 cm³/mol. The highest BCUT2D eigenvalue weighted by atomic mass is 16.2. The van der Waals surface area contributed by atoms with Crippen LogP contribution < -0.4 is 16.0 Å². The summed E-state index contributed by atoms with van der Waals surface area (Å²) in [7, 11) is 0. The first-order valence-electron chi connectivity index (χ1n) is 7.70. The molecule has 6 heteroatoms. The Morgan fingerprint density at radius 1 is 1.18 bits per heavy atom. The Hall–Kier alpha value is -2.11. The number of aromatic nitrogens is 1. The van der Waals surface area contributed by atoms with Crippen LogP contribution in [0.5, 0.6) is 0 Å². The minimum Gasteiger partial charge on any atom is -0.357 e. The van der Waals surface area contributed by atoms with Gasteiger partial charge in [-0.25, -0.2) is 4.99 Å². The van der Waals surface area contributed by atoms with Gasteiger partial charge in [-0.1, -0.05) is 6.07 Å². The van der Waals surface area contributed by atoms with Gasteiger partial charge in [0, 0.05) is 25.8 Å². The Morgan fingerprint density at radius 3 is 2.50 bits per heavy atom. The summed E-state index contributed by atoms with van der Waals surface area (Å²) in [6.45, 7) is 10.1. The van der Waals surface area contributed by atoms with E-state index in [1.807, 2.05) is 45.9 Å². The fourth-order valence-electron chi connectivity index (χ4n) is 1.78. The second-order valence-corrected chi connectivity index (χ2v) is 5.61. The maximum atomic E-state index is 12.0. The van der Waals surface area contributed by atoms with Crippen molar-refractivity contribution in [2.24, 2.45) is 10.4 Å². The van der Waals surface area contributed by atoms with Crippen molar-refractivity contribution in [2.75, 3.05) is 19.6 Å². The van der Waals surface area contributed by atoms with E-state index in [1.165, 1.54) is 0 Å². The molecule has 0 saturated heterocycles. The van der Waals surface area contributed by atoms with Gasteiger partial charge in [-0.05, 0) is 39.8 Å². The summed E-state index contributed by atoms with van der Waals surface area (Å²) < 4.78 is 0. The normalized spacial score (nSPS) is 11.9. The lowest BCUT2D eigenvalue weighted by atomic mass is 9.92. The van der Waals surface area contributed by atoms with Crippen LogP contribution in [0.25, 0.3) is 0 Å². The average molecular weight is 305 g/mol. The van der Waals surface area contributed by atoms with Crippen molar-refractivity contribution in [1.29, 1.82) is 0 Å². The third-order valence-electron chi connectivity index (χ3n) is 3.12. The predicted octanol–water partition coefficient (Wildman–Crippen LogP) is 1.30. The van der Waals surface area contributed by atoms with Crippen molar-refractivity contribution in [2.45, 2.75) is 34.2 Å². The van der Waals surface area contributed by atoms with Gasteiger partial charge in [0.25, 0.3) is 0 Å². The number of rotatable bonds is 7. The molecular formula is C16H27N5O. The maximum absolute atomic E-state index is 12.0. The minimum atomic E-state index is -0.503. The molecule has 1 rings (SSSR count). The molecule has 0 aliphatic heterocycles. The van der Waals surface area contributed by atoms with Crippen LogP contribution in [0.4, 0.5) is 0 Å². The number of hydrogen-bond donors (Lipinski definition) is 3. The lowest BCUT2D eigenvalue weighted by Gasteiger charge is -2.24. The van der Waals surface area contributed by atoms with Crippen LogP contribution in [0, 0.1) is 5.41 Å². The van der Waals surface area contributed by atoms with Crippen LogP contribution in [0.1, 0.15) is 33.4 Å². The first-order valence-corrected chi connectivity index (χ1v) is 7.70. The van der Waals surface area contributed by atoms with Gasteiger partial charge in [-0.15, -0.1) is 0 Å². The second-order valence-electron chi connectivity index (χ2n) is 5.61. The van der Waals surface area contributed by atoms with Gasteiger partial charge >= 0.3 is 0 Å². The number of carbonyl (C=O) groups is 1. The molecule has 1 amide bonds. The highest BCUT2D eigenvalue weighted by Crippen LogP contribution is 2.13. The SMILES string of the molecule is CCNC(=O)C(C)(C)CNC(=NCc1ccccn1)NCC. The second kappa shape index (κ2) is 9.02. The molecule has 0 bridgehead atoms. The van der Waals surface area contributed by atoms with Crippen molar-refractivity contribution in [3.8, 4) is 0 Å². The van der Waals surface area contributed by atoms with E-state index in [2.05, 4.69) is 25.9 Å². The zero-order chi connectivity index (χ0) is 16.4. The number of nitrogens with zero attached hydrogens (tertiary/aromatic N) is 2. The van der Waals surface area contributed by atoms with E-state index in [9.17, 15) is 4.79 Å². The van der Waals surface area contributed by atoms with Gasteiger partial charge in [0.2, 0.25) is 5.91 Å². The van der Waals surface area contributed by atoms with Crippen molar-refractivity contribution in [3.63, 3.8) is 0 Å². The first-order chi connectivity index (χ1) is 10.5. The molecule has 0 aliphatic carbocycles. The Labute approximate surface area is 132 Å². The lowest BCUT2D eigenvalue weighted by molar-refractivity contribution is -0.128. The molecule has 0 radical (unpaired) electrons. The number of guanidine groups is 1. The van der Waals surface area contributed by atoms with E-state index in [4.69, 9.17) is 0 Å². The monoisotopic (exact) mass is 305 g/mol. The van der Waals surface area contributed by atoms with Crippen molar-refractivity contribution in [1.82, 2.24) is 20.9 Å². The molecule has 0 fully saturated rings. The van der Waals surface area contributed by atoms with E-state index in [0.29, 0.717) is 25.6 Å². The van der Waals surface area contributed by atoms with Gasteiger partial charge in [0.15, 0.2) is 5.96 Å². The van der Waals surface area contributed by atoms with Gasteiger partial charge < -0.3 is 16.0 Å². The molecule has 0 unspecified atom stereocenters. The molecule has 122 valence electrons. The van der Waals surface area contributed by atoms with Crippen molar-refractivity contribution >= 4 is 11.9 Å². The molecule has 0 aliphatic rings. The highest BCUT2D eigenvalue weighted by molar-refractivity contribution is 5.84. The molecule has 0 aromatic carbocycles. The number of nitrogens with one attached hydrogen (secondary N) is 3. The molecule has 1 aromatic rings. The number of aliphatic imine (C=N–C) groups is 1. The summed E-state index contributed by atoms with van der Waals surface area (Å²) in [5, 5.41) is 9.25. The molecule has 0 atom stereocenters. The molecule has 0 saturated carbocycles. The van der Waals surface area contributed by atoms with Crippen LogP contribution in [-0.4, -0.2) is 36.5 Å². The molecule has 6 nitrogen and oxygen atoms in total. The summed E-state index contributed by atoms with van der Waals surface area (Å²) in [6.07, 6.45) is 1.75. The Kier molecular flexibility index (Phi) is 7.36. The van der Waals surface area contributed by atoms with Gasteiger partial charge in [-0.3, -0.25) is 9.78 Å². The summed E-state index contributed by atoms with van der Waals surface area (Å²) >= 11 is 0. The van der Waals surface area contributed by atoms with E-state index in [1.54, 1.807) is 6.20 Å². The standard InChI is InChI=1S/C16H27N5O/c1-5-17-14(22)16(3,4)12-21-15(18-6-2)20-11-13-9-7-8-10-19-13/h7-10H,5-6,11-12H2,1-4H3,(H,17,22)(H2,18,20,21). The summed E-state index contributed by atoms with van der Waals surface area (Å²) in [5.41, 5.74) is 0.402. The molecular weight excluding hydrogens is 278 g/mol. The van der Waals surface area contributed by atoms with Crippen LogP contribution in [0.15, 0.2) is 29.4 Å². The van der Waals surface area contributed by atoms with Crippen LogP contribution >= 0.6 is 0 Å². The highest BCUT2D eigenvalue weighted by Gasteiger charge is 2.27. The molecule has 1 aromatic heterocycles. The van der Waals surface area contributed by atoms with Crippen LogP contribution in [0.2, 0.25) is 0 Å². The molecule has 1 heterocycles. The van der Waals surface area contributed by atoms with Gasteiger partial charge in [-0.2, -0.15) is 0 Å². The minimum absolute atomic E-state index is 0.0306. The number of amides is 1. The van der Waals surface area contributed by atoms with E-state index < -0.39 is 5.41 Å². The quantitative estimate of drug-likeness (QED) is 0.524. The van der Waals surface area contributed by atoms with E-state index in [-0.39, 0.29) is 5.91 Å². The number of carbonyl (C=O) groups excluding carboxylic acids is 1.